The average molecular weight is 334 g/mol. The van der Waals surface area contributed by atoms with Gasteiger partial charge < -0.3 is 5.32 Å². The number of hydrogen-bond acceptors (Lipinski definition) is 5. The number of aromatic nitrogens is 3. The van der Waals surface area contributed by atoms with Crippen molar-refractivity contribution in [3.05, 3.63) is 42.5 Å². The Morgan fingerprint density at radius 1 is 1.36 bits per heavy atom. The van der Waals surface area contributed by atoms with Gasteiger partial charge in [0, 0.05) is 12.1 Å². The Bertz CT molecular complexity index is 612. The van der Waals surface area contributed by atoms with Crippen LogP contribution in [0.15, 0.2) is 36.9 Å². The van der Waals surface area contributed by atoms with Gasteiger partial charge in [-0.3, -0.25) is 9.48 Å². The fourth-order valence-electron chi connectivity index (χ4n) is 2.23. The van der Waals surface area contributed by atoms with Gasteiger partial charge in [-0.15, -0.1) is 23.5 Å². The summed E-state index contributed by atoms with van der Waals surface area (Å²) in [6.45, 7) is 0.542. The molecule has 1 aromatic heterocycles. The summed E-state index contributed by atoms with van der Waals surface area (Å²) >= 11 is 3.97. The molecule has 1 aliphatic heterocycles. The number of hydrogen-bond donors (Lipinski definition) is 1. The van der Waals surface area contributed by atoms with Crippen molar-refractivity contribution in [1.29, 1.82) is 0 Å². The molecule has 2 heterocycles. The molecule has 7 heteroatoms. The number of anilines is 1. The molecule has 0 saturated carbocycles. The zero-order valence-corrected chi connectivity index (χ0v) is 13.8. The maximum Gasteiger partial charge on any atom is 0.226 e. The largest absolute Gasteiger partial charge is 0.326 e. The summed E-state index contributed by atoms with van der Waals surface area (Å²) in [4.78, 5) is 15.9. The molecule has 2 aromatic rings. The van der Waals surface area contributed by atoms with Crippen LogP contribution in [-0.2, 0) is 11.3 Å². The van der Waals surface area contributed by atoms with Crippen LogP contribution in [0.3, 0.4) is 0 Å². The number of aryl methyl sites for hydroxylation is 1. The number of amides is 1. The molecular weight excluding hydrogens is 316 g/mol. The first-order chi connectivity index (χ1) is 10.8. The Morgan fingerprint density at radius 3 is 3.00 bits per heavy atom. The highest BCUT2D eigenvalue weighted by atomic mass is 32.2. The summed E-state index contributed by atoms with van der Waals surface area (Å²) in [6.07, 6.45) is 4.76. The second-order valence-corrected chi connectivity index (χ2v) is 7.73. The zero-order chi connectivity index (χ0) is 15.2. The van der Waals surface area contributed by atoms with Gasteiger partial charge in [0.05, 0.1) is 11.1 Å². The Balaban J connectivity index is 1.56. The molecule has 5 nitrogen and oxygen atoms in total. The highest BCUT2D eigenvalue weighted by Gasteiger charge is 2.16. The van der Waals surface area contributed by atoms with Crippen LogP contribution in [0.2, 0.25) is 0 Å². The normalized spacial score (nSPS) is 15.6. The minimum absolute atomic E-state index is 0.00315. The Labute approximate surface area is 138 Å². The molecule has 22 heavy (non-hydrogen) atoms. The molecule has 116 valence electrons. The fourth-order valence-corrected chi connectivity index (χ4v) is 5.10. The second-order valence-electron chi connectivity index (χ2n) is 5.01. The summed E-state index contributed by atoms with van der Waals surface area (Å²) in [5.74, 6) is 2.43. The predicted molar refractivity (Wildman–Crippen MR) is 92.0 cm³/mol. The second kappa shape index (κ2) is 7.69. The van der Waals surface area contributed by atoms with Crippen LogP contribution in [0.25, 0.3) is 0 Å². The molecule has 1 aromatic carbocycles. The maximum absolute atomic E-state index is 12.0. The van der Waals surface area contributed by atoms with Gasteiger partial charge in [0.25, 0.3) is 0 Å². The van der Waals surface area contributed by atoms with E-state index in [9.17, 15) is 4.79 Å². The molecule has 0 aliphatic carbocycles. The lowest BCUT2D eigenvalue weighted by Crippen LogP contribution is -2.15. The first-order valence-electron chi connectivity index (χ1n) is 7.27. The topological polar surface area (TPSA) is 59.8 Å². The lowest BCUT2D eigenvalue weighted by molar-refractivity contribution is -0.116. The van der Waals surface area contributed by atoms with E-state index in [0.29, 0.717) is 17.5 Å². The molecule has 0 atom stereocenters. The number of rotatable bonds is 5. The summed E-state index contributed by atoms with van der Waals surface area (Å²) in [5, 5.41) is 6.96. The minimum atomic E-state index is -0.00315. The standard InChI is InChI=1S/C15H18N4OS2/c20-14(5-6-19-11-16-10-17-19)18-13-4-1-3-12(9-13)15-21-7-2-8-22-15/h1,3-4,9-11,15H,2,5-8H2,(H,18,20). The van der Waals surface area contributed by atoms with Crippen LogP contribution in [0.4, 0.5) is 5.69 Å². The molecule has 0 spiro atoms. The van der Waals surface area contributed by atoms with Gasteiger partial charge in [0.2, 0.25) is 5.91 Å². The van der Waals surface area contributed by atoms with Crippen molar-refractivity contribution < 1.29 is 4.79 Å². The molecule has 1 fully saturated rings. The van der Waals surface area contributed by atoms with Crippen LogP contribution in [0.5, 0.6) is 0 Å². The lowest BCUT2D eigenvalue weighted by atomic mass is 10.2. The molecule has 0 radical (unpaired) electrons. The first-order valence-corrected chi connectivity index (χ1v) is 9.36. The van der Waals surface area contributed by atoms with Crippen molar-refractivity contribution in [1.82, 2.24) is 14.8 Å². The van der Waals surface area contributed by atoms with Gasteiger partial charge in [0.1, 0.15) is 12.7 Å². The number of nitrogens with zero attached hydrogens (tertiary/aromatic N) is 3. The summed E-state index contributed by atoms with van der Waals surface area (Å²) in [6, 6.07) is 8.18. The van der Waals surface area contributed by atoms with Crippen LogP contribution in [-0.4, -0.2) is 32.2 Å². The van der Waals surface area contributed by atoms with Crippen molar-refractivity contribution >= 4 is 35.1 Å². The molecule has 1 amide bonds. The van der Waals surface area contributed by atoms with Crippen molar-refractivity contribution in [2.75, 3.05) is 16.8 Å². The molecule has 0 unspecified atom stereocenters. The number of carbonyl (C=O) groups excluding carboxylic acids is 1. The van der Waals surface area contributed by atoms with Crippen LogP contribution >= 0.6 is 23.5 Å². The van der Waals surface area contributed by atoms with E-state index in [-0.39, 0.29) is 5.91 Å². The van der Waals surface area contributed by atoms with Crippen molar-refractivity contribution in [2.45, 2.75) is 24.0 Å². The van der Waals surface area contributed by atoms with E-state index >= 15 is 0 Å². The van der Waals surface area contributed by atoms with Crippen molar-refractivity contribution in [2.24, 2.45) is 0 Å². The molecule has 1 aliphatic rings. The van der Waals surface area contributed by atoms with Gasteiger partial charge in [0.15, 0.2) is 0 Å². The molecule has 1 N–H and O–H groups in total. The van der Waals surface area contributed by atoms with E-state index in [1.54, 1.807) is 11.0 Å². The van der Waals surface area contributed by atoms with Gasteiger partial charge >= 0.3 is 0 Å². The number of carbonyl (C=O) groups is 1. The Morgan fingerprint density at radius 2 is 2.23 bits per heavy atom. The highest BCUT2D eigenvalue weighted by Crippen LogP contribution is 2.43. The average Bonchev–Trinajstić information content (AvgIpc) is 3.08. The van der Waals surface area contributed by atoms with Gasteiger partial charge in [-0.1, -0.05) is 12.1 Å². The SMILES string of the molecule is O=C(CCn1cncn1)Nc1cccc(C2SCCCS2)c1. The molecular formula is C15H18N4OS2. The Hall–Kier alpha value is -1.47. The van der Waals surface area contributed by atoms with E-state index in [4.69, 9.17) is 0 Å². The van der Waals surface area contributed by atoms with Crippen molar-refractivity contribution in [3.8, 4) is 0 Å². The smallest absolute Gasteiger partial charge is 0.226 e. The fraction of sp³-hybridized carbons (Fsp3) is 0.400. The van der Waals surface area contributed by atoms with E-state index in [0.717, 1.165) is 5.69 Å². The third-order valence-electron chi connectivity index (χ3n) is 3.30. The van der Waals surface area contributed by atoms with E-state index in [1.165, 1.54) is 29.8 Å². The van der Waals surface area contributed by atoms with Gasteiger partial charge in [-0.25, -0.2) is 4.98 Å². The molecule has 3 rings (SSSR count). The maximum atomic E-state index is 12.0. The van der Waals surface area contributed by atoms with Crippen LogP contribution in [0.1, 0.15) is 23.0 Å². The number of thioether (sulfide) groups is 2. The molecule has 1 saturated heterocycles. The first kappa shape index (κ1) is 15.4. The zero-order valence-electron chi connectivity index (χ0n) is 12.1. The number of nitrogens with one attached hydrogen (secondary N) is 1. The monoisotopic (exact) mass is 334 g/mol. The predicted octanol–water partition coefficient (Wildman–Crippen LogP) is 3.18. The van der Waals surface area contributed by atoms with Crippen LogP contribution in [0, 0.1) is 0 Å². The van der Waals surface area contributed by atoms with E-state index in [2.05, 4.69) is 27.5 Å². The third kappa shape index (κ3) is 4.27. The summed E-state index contributed by atoms with van der Waals surface area (Å²) in [5.41, 5.74) is 2.15. The van der Waals surface area contributed by atoms with E-state index < -0.39 is 0 Å². The van der Waals surface area contributed by atoms with Gasteiger partial charge in [-0.05, 0) is 35.6 Å². The summed E-state index contributed by atoms with van der Waals surface area (Å²) < 4.78 is 2.14. The lowest BCUT2D eigenvalue weighted by Gasteiger charge is -2.21. The van der Waals surface area contributed by atoms with E-state index in [1.807, 2.05) is 35.7 Å². The van der Waals surface area contributed by atoms with Crippen molar-refractivity contribution in [3.63, 3.8) is 0 Å². The minimum Gasteiger partial charge on any atom is -0.326 e. The quantitative estimate of drug-likeness (QED) is 0.910. The third-order valence-corrected chi connectivity index (χ3v) is 6.32. The van der Waals surface area contributed by atoms with Gasteiger partial charge in [-0.2, -0.15) is 5.10 Å². The van der Waals surface area contributed by atoms with Crippen LogP contribution < -0.4 is 5.32 Å². The molecule has 0 bridgehead atoms. The number of benzene rings is 1. The highest BCUT2D eigenvalue weighted by molar-refractivity contribution is 8.16. The summed E-state index contributed by atoms with van der Waals surface area (Å²) in [7, 11) is 0. The Kier molecular flexibility index (Phi) is 5.39.